The highest BCUT2D eigenvalue weighted by atomic mass is 16.5. The monoisotopic (exact) mass is 220 g/mol. The van der Waals surface area contributed by atoms with Crippen LogP contribution in [-0.4, -0.2) is 18.3 Å². The van der Waals surface area contributed by atoms with Crippen molar-refractivity contribution in [2.24, 2.45) is 0 Å². The van der Waals surface area contributed by atoms with E-state index >= 15 is 0 Å². The van der Waals surface area contributed by atoms with Crippen LogP contribution in [0.15, 0.2) is 11.0 Å². The van der Waals surface area contributed by atoms with Crippen molar-refractivity contribution >= 4 is 0 Å². The first-order valence-corrected chi connectivity index (χ1v) is 5.21. The molecule has 0 amide bonds. The summed E-state index contributed by atoms with van der Waals surface area (Å²) in [7, 11) is 1.63. The fraction of sp³-hybridized carbons (Fsp3) is 0.500. The van der Waals surface area contributed by atoms with Gasteiger partial charge in [-0.05, 0) is 31.4 Å². The lowest BCUT2D eigenvalue weighted by Crippen LogP contribution is -2.24. The van der Waals surface area contributed by atoms with Crippen LogP contribution in [0, 0.1) is 25.2 Å². The second kappa shape index (κ2) is 5.47. The Bertz CT molecular complexity index is 469. The van der Waals surface area contributed by atoms with Crippen molar-refractivity contribution < 1.29 is 4.74 Å². The van der Waals surface area contributed by atoms with Gasteiger partial charge in [-0.2, -0.15) is 5.26 Å². The lowest BCUT2D eigenvalue weighted by Gasteiger charge is -2.09. The molecule has 1 aromatic rings. The average Bonchev–Trinajstić information content (AvgIpc) is 2.26. The van der Waals surface area contributed by atoms with Crippen molar-refractivity contribution in [1.29, 1.82) is 5.26 Å². The highest BCUT2D eigenvalue weighted by Gasteiger charge is 2.09. The summed E-state index contributed by atoms with van der Waals surface area (Å²) in [4.78, 5) is 11.9. The Kier molecular flexibility index (Phi) is 4.27. The van der Waals surface area contributed by atoms with E-state index in [1.165, 1.54) is 0 Å². The standard InChI is InChI=1S/C12H16N2O2/c1-9-8-14(5-4-6-16-3)12(15)11(7-13)10(9)2/h8H,4-6H2,1-3H3. The Balaban J connectivity index is 3.08. The van der Waals surface area contributed by atoms with Crippen LogP contribution in [0.5, 0.6) is 0 Å². The van der Waals surface area contributed by atoms with Gasteiger partial charge in [0, 0.05) is 26.5 Å². The molecule has 0 aliphatic rings. The molecule has 0 unspecified atom stereocenters. The molecule has 1 rings (SSSR count). The largest absolute Gasteiger partial charge is 0.385 e. The van der Waals surface area contributed by atoms with Crippen LogP contribution in [0.2, 0.25) is 0 Å². The molecule has 0 atom stereocenters. The van der Waals surface area contributed by atoms with Gasteiger partial charge in [-0.15, -0.1) is 0 Å². The van der Waals surface area contributed by atoms with E-state index in [0.717, 1.165) is 17.5 Å². The number of nitriles is 1. The van der Waals surface area contributed by atoms with Gasteiger partial charge < -0.3 is 9.30 Å². The molecule has 86 valence electrons. The maximum absolute atomic E-state index is 11.9. The topological polar surface area (TPSA) is 55.0 Å². The van der Waals surface area contributed by atoms with Crippen LogP contribution in [0.25, 0.3) is 0 Å². The molecule has 4 nitrogen and oxygen atoms in total. The van der Waals surface area contributed by atoms with E-state index in [2.05, 4.69) is 0 Å². The highest BCUT2D eigenvalue weighted by Crippen LogP contribution is 2.07. The summed E-state index contributed by atoms with van der Waals surface area (Å²) in [6, 6.07) is 1.97. The molecule has 0 saturated carbocycles. The molecule has 1 aromatic heterocycles. The van der Waals surface area contributed by atoms with Gasteiger partial charge in [-0.1, -0.05) is 0 Å². The molecular formula is C12H16N2O2. The number of hydrogen-bond acceptors (Lipinski definition) is 3. The second-order valence-electron chi connectivity index (χ2n) is 3.77. The number of nitrogens with zero attached hydrogens (tertiary/aromatic N) is 2. The number of aryl methyl sites for hydroxylation is 2. The van der Waals surface area contributed by atoms with Crippen LogP contribution in [0.4, 0.5) is 0 Å². The first-order valence-electron chi connectivity index (χ1n) is 5.21. The van der Waals surface area contributed by atoms with E-state index in [0.29, 0.717) is 13.2 Å². The zero-order chi connectivity index (χ0) is 12.1. The molecule has 0 spiro atoms. The zero-order valence-electron chi connectivity index (χ0n) is 9.91. The molecule has 4 heteroatoms. The van der Waals surface area contributed by atoms with E-state index < -0.39 is 0 Å². The lowest BCUT2D eigenvalue weighted by molar-refractivity contribution is 0.190. The van der Waals surface area contributed by atoms with Crippen molar-refractivity contribution in [3.05, 3.63) is 33.2 Å². The van der Waals surface area contributed by atoms with Gasteiger partial charge in [0.1, 0.15) is 11.6 Å². The Morgan fingerprint density at radius 3 is 2.75 bits per heavy atom. The molecule has 0 radical (unpaired) electrons. The zero-order valence-corrected chi connectivity index (χ0v) is 9.91. The summed E-state index contributed by atoms with van der Waals surface area (Å²) in [6.07, 6.45) is 2.57. The number of ether oxygens (including phenoxy) is 1. The lowest BCUT2D eigenvalue weighted by atomic mass is 10.1. The van der Waals surface area contributed by atoms with Gasteiger partial charge in [0.15, 0.2) is 0 Å². The quantitative estimate of drug-likeness (QED) is 0.720. The minimum absolute atomic E-state index is 0.207. The van der Waals surface area contributed by atoms with Gasteiger partial charge in [0.2, 0.25) is 0 Å². The molecule has 0 bridgehead atoms. The molecular weight excluding hydrogens is 204 g/mol. The number of rotatable bonds is 4. The molecule has 1 heterocycles. The van der Waals surface area contributed by atoms with Crippen LogP contribution in [-0.2, 0) is 11.3 Å². The maximum atomic E-state index is 11.9. The van der Waals surface area contributed by atoms with E-state index in [1.54, 1.807) is 24.8 Å². The van der Waals surface area contributed by atoms with E-state index in [4.69, 9.17) is 10.00 Å². The first kappa shape index (κ1) is 12.5. The summed E-state index contributed by atoms with van der Waals surface area (Å²) < 4.78 is 6.52. The SMILES string of the molecule is COCCCn1cc(C)c(C)c(C#N)c1=O. The van der Waals surface area contributed by atoms with Crippen LogP contribution >= 0.6 is 0 Å². The highest BCUT2D eigenvalue weighted by molar-refractivity contribution is 5.38. The van der Waals surface area contributed by atoms with Crippen LogP contribution in [0.3, 0.4) is 0 Å². The maximum Gasteiger partial charge on any atom is 0.268 e. The fourth-order valence-corrected chi connectivity index (χ4v) is 1.57. The van der Waals surface area contributed by atoms with Crippen molar-refractivity contribution in [2.75, 3.05) is 13.7 Å². The minimum atomic E-state index is -0.207. The summed E-state index contributed by atoms with van der Waals surface area (Å²) in [5.74, 6) is 0. The third-order valence-corrected chi connectivity index (χ3v) is 2.65. The van der Waals surface area contributed by atoms with Gasteiger partial charge in [-0.3, -0.25) is 4.79 Å². The molecule has 0 fully saturated rings. The number of pyridine rings is 1. The summed E-state index contributed by atoms with van der Waals surface area (Å²) in [6.45, 7) is 4.90. The number of aromatic nitrogens is 1. The third kappa shape index (κ3) is 2.50. The Labute approximate surface area is 95.1 Å². The summed E-state index contributed by atoms with van der Waals surface area (Å²) in [5, 5.41) is 8.93. The smallest absolute Gasteiger partial charge is 0.268 e. The Morgan fingerprint density at radius 2 is 2.19 bits per heavy atom. The average molecular weight is 220 g/mol. The second-order valence-corrected chi connectivity index (χ2v) is 3.77. The van der Waals surface area contributed by atoms with Gasteiger partial charge in [0.25, 0.3) is 5.56 Å². The van der Waals surface area contributed by atoms with Crippen molar-refractivity contribution in [2.45, 2.75) is 26.8 Å². The molecule has 16 heavy (non-hydrogen) atoms. The van der Waals surface area contributed by atoms with Crippen LogP contribution in [0.1, 0.15) is 23.1 Å². The molecule has 0 aliphatic carbocycles. The third-order valence-electron chi connectivity index (χ3n) is 2.65. The fourth-order valence-electron chi connectivity index (χ4n) is 1.57. The van der Waals surface area contributed by atoms with Crippen LogP contribution < -0.4 is 5.56 Å². The Morgan fingerprint density at radius 1 is 1.50 bits per heavy atom. The van der Waals surface area contributed by atoms with E-state index in [9.17, 15) is 4.79 Å². The molecule has 0 aromatic carbocycles. The predicted octanol–water partition coefficient (Wildman–Crippen LogP) is 1.37. The first-order chi connectivity index (χ1) is 7.61. The predicted molar refractivity (Wildman–Crippen MR) is 61.4 cm³/mol. The summed E-state index contributed by atoms with van der Waals surface area (Å²) in [5.41, 5.74) is 1.78. The van der Waals surface area contributed by atoms with Gasteiger partial charge >= 0.3 is 0 Å². The van der Waals surface area contributed by atoms with Crippen molar-refractivity contribution in [3.8, 4) is 6.07 Å². The van der Waals surface area contributed by atoms with Crippen molar-refractivity contribution in [3.63, 3.8) is 0 Å². The normalized spacial score (nSPS) is 10.1. The molecule has 0 saturated heterocycles. The summed E-state index contributed by atoms with van der Waals surface area (Å²) >= 11 is 0. The number of methoxy groups -OCH3 is 1. The Hall–Kier alpha value is -1.60. The molecule has 0 aliphatic heterocycles. The van der Waals surface area contributed by atoms with Gasteiger partial charge in [0.05, 0.1) is 0 Å². The van der Waals surface area contributed by atoms with E-state index in [-0.39, 0.29) is 11.1 Å². The van der Waals surface area contributed by atoms with E-state index in [1.807, 2.05) is 13.0 Å². The van der Waals surface area contributed by atoms with Crippen molar-refractivity contribution in [1.82, 2.24) is 4.57 Å². The number of hydrogen-bond donors (Lipinski definition) is 0. The molecule has 0 N–H and O–H groups in total. The minimum Gasteiger partial charge on any atom is -0.385 e. The van der Waals surface area contributed by atoms with Gasteiger partial charge in [-0.25, -0.2) is 0 Å².